The molecule has 0 saturated heterocycles. The minimum absolute atomic E-state index is 0.312. The highest BCUT2D eigenvalue weighted by Crippen LogP contribution is 2.21. The Hall–Kier alpha value is -1.61. The monoisotopic (exact) mass is 290 g/mol. The second kappa shape index (κ2) is 5.15. The van der Waals surface area contributed by atoms with E-state index in [9.17, 15) is 4.79 Å². The van der Waals surface area contributed by atoms with E-state index in [4.69, 9.17) is 5.11 Å². The Balaban J connectivity index is 2.38. The summed E-state index contributed by atoms with van der Waals surface area (Å²) in [6.07, 6.45) is 0. The molecule has 17 heavy (non-hydrogen) atoms. The van der Waals surface area contributed by atoms with E-state index >= 15 is 0 Å². The fourth-order valence-corrected chi connectivity index (χ4v) is 1.99. The van der Waals surface area contributed by atoms with Crippen LogP contribution < -0.4 is 0 Å². The van der Waals surface area contributed by atoms with Gasteiger partial charge in [-0.05, 0) is 28.8 Å². The second-order valence-corrected chi connectivity index (χ2v) is 4.28. The third kappa shape index (κ3) is 2.74. The van der Waals surface area contributed by atoms with Gasteiger partial charge in [-0.25, -0.2) is 4.79 Å². The predicted octanol–water partition coefficient (Wildman–Crippen LogP) is 3.95. The standard InChI is InChI=1S/C14H11BrO2/c15-9-10-4-6-11(7-5-10)12-2-1-3-13(8-12)14(16)17/h1-8H,9H2,(H,16,17). The van der Waals surface area contributed by atoms with Gasteiger partial charge in [0, 0.05) is 5.33 Å². The molecule has 0 atom stereocenters. The molecule has 2 aromatic rings. The van der Waals surface area contributed by atoms with Crippen LogP contribution in [-0.4, -0.2) is 11.1 Å². The van der Waals surface area contributed by atoms with Crippen molar-refractivity contribution in [2.75, 3.05) is 0 Å². The summed E-state index contributed by atoms with van der Waals surface area (Å²) in [7, 11) is 0. The van der Waals surface area contributed by atoms with Crippen LogP contribution in [-0.2, 0) is 5.33 Å². The molecular formula is C14H11BrO2. The van der Waals surface area contributed by atoms with Gasteiger partial charge in [0.1, 0.15) is 0 Å². The van der Waals surface area contributed by atoms with Crippen molar-refractivity contribution in [3.63, 3.8) is 0 Å². The number of carbonyl (C=O) groups is 1. The maximum absolute atomic E-state index is 10.9. The highest BCUT2D eigenvalue weighted by molar-refractivity contribution is 9.08. The smallest absolute Gasteiger partial charge is 0.335 e. The molecular weight excluding hydrogens is 280 g/mol. The molecule has 1 N–H and O–H groups in total. The summed E-state index contributed by atoms with van der Waals surface area (Å²) >= 11 is 3.39. The Morgan fingerprint density at radius 3 is 2.35 bits per heavy atom. The van der Waals surface area contributed by atoms with Crippen LogP contribution in [0.2, 0.25) is 0 Å². The second-order valence-electron chi connectivity index (χ2n) is 3.72. The molecule has 0 spiro atoms. The van der Waals surface area contributed by atoms with Crippen molar-refractivity contribution < 1.29 is 9.90 Å². The van der Waals surface area contributed by atoms with E-state index in [0.717, 1.165) is 16.5 Å². The zero-order valence-corrected chi connectivity index (χ0v) is 10.6. The highest BCUT2D eigenvalue weighted by Gasteiger charge is 2.04. The first-order chi connectivity index (χ1) is 8.20. The molecule has 0 aliphatic rings. The van der Waals surface area contributed by atoms with Crippen molar-refractivity contribution >= 4 is 21.9 Å². The molecule has 0 aliphatic carbocycles. The molecule has 0 aliphatic heterocycles. The molecule has 0 aromatic heterocycles. The number of alkyl halides is 1. The Bertz CT molecular complexity index is 532. The molecule has 2 rings (SSSR count). The van der Waals surface area contributed by atoms with Crippen LogP contribution in [0, 0.1) is 0 Å². The van der Waals surface area contributed by atoms with Gasteiger partial charge in [0.2, 0.25) is 0 Å². The van der Waals surface area contributed by atoms with Crippen molar-refractivity contribution in [1.82, 2.24) is 0 Å². The van der Waals surface area contributed by atoms with Gasteiger partial charge in [-0.1, -0.05) is 52.3 Å². The maximum atomic E-state index is 10.9. The molecule has 2 nitrogen and oxygen atoms in total. The van der Waals surface area contributed by atoms with Gasteiger partial charge in [0.15, 0.2) is 0 Å². The first-order valence-corrected chi connectivity index (χ1v) is 6.31. The first kappa shape index (κ1) is 11.9. The van der Waals surface area contributed by atoms with E-state index in [0.29, 0.717) is 5.56 Å². The van der Waals surface area contributed by atoms with Crippen molar-refractivity contribution in [3.8, 4) is 11.1 Å². The van der Waals surface area contributed by atoms with Crippen LogP contribution >= 0.6 is 15.9 Å². The van der Waals surface area contributed by atoms with Crippen LogP contribution in [0.5, 0.6) is 0 Å². The number of hydrogen-bond acceptors (Lipinski definition) is 1. The predicted molar refractivity (Wildman–Crippen MR) is 71.5 cm³/mol. The van der Waals surface area contributed by atoms with E-state index in [1.165, 1.54) is 5.56 Å². The largest absolute Gasteiger partial charge is 0.478 e. The number of carboxylic acids is 1. The molecule has 0 bridgehead atoms. The van der Waals surface area contributed by atoms with Gasteiger partial charge in [-0.15, -0.1) is 0 Å². The van der Waals surface area contributed by atoms with E-state index in [-0.39, 0.29) is 0 Å². The minimum Gasteiger partial charge on any atom is -0.478 e. The Morgan fingerprint density at radius 2 is 1.76 bits per heavy atom. The number of rotatable bonds is 3. The number of hydrogen-bond donors (Lipinski definition) is 1. The lowest BCUT2D eigenvalue weighted by Gasteiger charge is -2.04. The first-order valence-electron chi connectivity index (χ1n) is 5.19. The average Bonchev–Trinajstić information content (AvgIpc) is 2.39. The Kier molecular flexibility index (Phi) is 3.59. The van der Waals surface area contributed by atoms with Crippen LogP contribution in [0.1, 0.15) is 15.9 Å². The van der Waals surface area contributed by atoms with Crippen LogP contribution in [0.3, 0.4) is 0 Å². The summed E-state index contributed by atoms with van der Waals surface area (Å²) in [6.45, 7) is 0. The van der Waals surface area contributed by atoms with Crippen molar-refractivity contribution in [3.05, 3.63) is 59.7 Å². The summed E-state index contributed by atoms with van der Waals surface area (Å²) in [4.78, 5) is 10.9. The van der Waals surface area contributed by atoms with Gasteiger partial charge in [0.05, 0.1) is 5.56 Å². The molecule has 3 heteroatoms. The van der Waals surface area contributed by atoms with Crippen LogP contribution in [0.25, 0.3) is 11.1 Å². The van der Waals surface area contributed by atoms with Gasteiger partial charge in [-0.2, -0.15) is 0 Å². The summed E-state index contributed by atoms with van der Waals surface area (Å²) in [6, 6.07) is 15.0. The maximum Gasteiger partial charge on any atom is 0.335 e. The molecule has 0 radical (unpaired) electrons. The van der Waals surface area contributed by atoms with Gasteiger partial charge >= 0.3 is 5.97 Å². The van der Waals surface area contributed by atoms with Crippen molar-refractivity contribution in [2.45, 2.75) is 5.33 Å². The molecule has 86 valence electrons. The Labute approximate surface area is 108 Å². The van der Waals surface area contributed by atoms with E-state index in [1.807, 2.05) is 30.3 Å². The summed E-state index contributed by atoms with van der Waals surface area (Å²) in [5.74, 6) is -0.899. The average molecular weight is 291 g/mol. The molecule has 0 fully saturated rings. The fraction of sp³-hybridized carbons (Fsp3) is 0.0714. The lowest BCUT2D eigenvalue weighted by atomic mass is 10.0. The quantitative estimate of drug-likeness (QED) is 0.869. The minimum atomic E-state index is -0.899. The SMILES string of the molecule is O=C(O)c1cccc(-c2ccc(CBr)cc2)c1. The lowest BCUT2D eigenvalue weighted by molar-refractivity contribution is 0.0697. The van der Waals surface area contributed by atoms with Crippen LogP contribution in [0.15, 0.2) is 48.5 Å². The Morgan fingerprint density at radius 1 is 1.06 bits per heavy atom. The molecule has 0 saturated carbocycles. The topological polar surface area (TPSA) is 37.3 Å². The molecule has 0 unspecified atom stereocenters. The van der Waals surface area contributed by atoms with Gasteiger partial charge < -0.3 is 5.11 Å². The van der Waals surface area contributed by atoms with E-state index < -0.39 is 5.97 Å². The third-order valence-electron chi connectivity index (χ3n) is 2.55. The van der Waals surface area contributed by atoms with Gasteiger partial charge in [0.25, 0.3) is 0 Å². The molecule has 0 amide bonds. The number of benzene rings is 2. The normalized spacial score (nSPS) is 10.2. The zero-order valence-electron chi connectivity index (χ0n) is 9.06. The summed E-state index contributed by atoms with van der Waals surface area (Å²) in [5, 5.41) is 9.75. The van der Waals surface area contributed by atoms with E-state index in [2.05, 4.69) is 15.9 Å². The lowest BCUT2D eigenvalue weighted by Crippen LogP contribution is -1.95. The zero-order chi connectivity index (χ0) is 12.3. The highest BCUT2D eigenvalue weighted by atomic mass is 79.9. The molecule has 2 aromatic carbocycles. The number of carboxylic acid groups (broad SMARTS) is 1. The van der Waals surface area contributed by atoms with Crippen LogP contribution in [0.4, 0.5) is 0 Å². The fourth-order valence-electron chi connectivity index (χ4n) is 1.62. The number of aromatic carboxylic acids is 1. The number of halogens is 1. The van der Waals surface area contributed by atoms with Crippen molar-refractivity contribution in [2.24, 2.45) is 0 Å². The van der Waals surface area contributed by atoms with E-state index in [1.54, 1.807) is 18.2 Å². The van der Waals surface area contributed by atoms with Gasteiger partial charge in [-0.3, -0.25) is 0 Å². The van der Waals surface area contributed by atoms with Crippen molar-refractivity contribution in [1.29, 1.82) is 0 Å². The third-order valence-corrected chi connectivity index (χ3v) is 3.20. The summed E-state index contributed by atoms with van der Waals surface area (Å²) < 4.78 is 0. The summed E-state index contributed by atoms with van der Waals surface area (Å²) in [5.41, 5.74) is 3.46. The molecule has 0 heterocycles.